The van der Waals surface area contributed by atoms with Crippen molar-refractivity contribution < 1.29 is 27.2 Å². The molecule has 0 fully saturated rings. The van der Waals surface area contributed by atoms with Gasteiger partial charge in [-0.3, -0.25) is 9.59 Å². The van der Waals surface area contributed by atoms with E-state index in [0.717, 1.165) is 114 Å². The van der Waals surface area contributed by atoms with Crippen LogP contribution in [-0.2, 0) is 19.3 Å². The molecule has 0 saturated carbocycles. The minimum Gasteiger partial charge on any atom is -0.361 e. The fraction of sp³-hybridized carbons (Fsp3) is 0.231. The van der Waals surface area contributed by atoms with Crippen LogP contribution in [0.4, 0.5) is 17.6 Å². The molecule has 4 unspecified atom stereocenters. The van der Waals surface area contributed by atoms with Gasteiger partial charge >= 0.3 is 0 Å². The first-order valence-electron chi connectivity index (χ1n) is 26.2. The van der Waals surface area contributed by atoms with Gasteiger partial charge in [0.25, 0.3) is 0 Å². The van der Waals surface area contributed by atoms with Crippen LogP contribution in [0.1, 0.15) is 178 Å². The number of hydrogen-bond acceptors (Lipinski definition) is 2. The molecular weight excluding hydrogens is 973 g/mol. The normalized spacial score (nSPS) is 13.2. The van der Waals surface area contributed by atoms with Crippen molar-refractivity contribution >= 4 is 11.6 Å². The van der Waals surface area contributed by atoms with Crippen LogP contribution in [0.15, 0.2) is 133 Å². The molecule has 0 aliphatic carbocycles. The van der Waals surface area contributed by atoms with Gasteiger partial charge in [-0.25, -0.2) is 17.6 Å². The standard InChI is InChI=1S/C65H62F4N6O2/c1-9-50-34(2)63(70-37(50)5)60(42-12-20-46(67)21-13-42)54-32-33-56(74-54)62(44-16-24-48(69)25-17-44)65-36(4)58(40(8)77)51(75-65)28-26-49-27-29-52(72-49)59(41-10-18-45(66)19-11-41)53-30-31-55(73-53)61(43-14-22-47(68)23-15-43)64-35(3)57(39(7)76)38(6)71-64/h10-25,27,29-33,59-62,70-75H,9,26,28H2,1-8H3. The number of benzene rings is 4. The number of ketones is 2. The third-order valence-electron chi connectivity index (χ3n) is 15.6. The van der Waals surface area contributed by atoms with E-state index in [1.54, 1.807) is 50.2 Å². The summed E-state index contributed by atoms with van der Waals surface area (Å²) in [6.45, 7) is 15.2. The molecule has 6 N–H and O–H groups in total. The number of Topliss-reactive ketones (excluding diaryl/α,β-unsaturated/α-hetero) is 2. The summed E-state index contributed by atoms with van der Waals surface area (Å²) in [6.07, 6.45) is 1.87. The van der Waals surface area contributed by atoms with Crippen molar-refractivity contribution in [3.05, 3.63) is 281 Å². The SMILES string of the molecule is CCc1c(C)[nH]c(C(c2ccc(F)cc2)c2ccc(C(c3ccc(F)cc3)c3[nH]c(CCc4ccc(C(c5ccc(F)cc5)c5ccc(C(c6ccc(F)cc6)c6[nH]c(C)c(C(C)=O)c6C)[nH]5)[nH]4)c(C(C)=O)c3C)[nH]2)c1C. The zero-order valence-electron chi connectivity index (χ0n) is 44.5. The second-order valence-corrected chi connectivity index (χ2v) is 20.5. The predicted molar refractivity (Wildman–Crippen MR) is 295 cm³/mol. The zero-order chi connectivity index (χ0) is 54.4. The van der Waals surface area contributed by atoms with Crippen LogP contribution in [0.2, 0.25) is 0 Å². The molecule has 10 rings (SSSR count). The van der Waals surface area contributed by atoms with Gasteiger partial charge in [-0.15, -0.1) is 0 Å². The largest absolute Gasteiger partial charge is 0.361 e. The molecule has 4 aromatic carbocycles. The molecule has 0 aliphatic heterocycles. The molecule has 10 aromatic rings. The van der Waals surface area contributed by atoms with Gasteiger partial charge in [0.05, 0.1) is 23.7 Å². The van der Waals surface area contributed by atoms with Gasteiger partial charge in [0.1, 0.15) is 23.3 Å². The Labute approximate surface area is 445 Å². The molecule has 0 aliphatic rings. The summed E-state index contributed by atoms with van der Waals surface area (Å²) < 4.78 is 57.9. The second-order valence-electron chi connectivity index (χ2n) is 20.5. The number of aryl methyl sites for hydroxylation is 4. The van der Waals surface area contributed by atoms with Crippen molar-refractivity contribution in [2.75, 3.05) is 0 Å². The quantitative estimate of drug-likeness (QED) is 0.0378. The Hall–Kier alpha value is -8.38. The number of hydrogen-bond donors (Lipinski definition) is 6. The van der Waals surface area contributed by atoms with E-state index >= 15 is 0 Å². The van der Waals surface area contributed by atoms with E-state index in [1.165, 1.54) is 54.1 Å². The Bertz CT molecular complexity index is 3750. The summed E-state index contributed by atoms with van der Waals surface area (Å²) in [6, 6.07) is 38.0. The van der Waals surface area contributed by atoms with Crippen molar-refractivity contribution in [1.29, 1.82) is 0 Å². The Morgan fingerprint density at radius 1 is 0.390 bits per heavy atom. The lowest BCUT2D eigenvalue weighted by Gasteiger charge is -2.20. The summed E-state index contributed by atoms with van der Waals surface area (Å²) in [4.78, 5) is 48.5. The van der Waals surface area contributed by atoms with Gasteiger partial charge in [-0.2, -0.15) is 0 Å². The van der Waals surface area contributed by atoms with Crippen LogP contribution < -0.4 is 0 Å². The maximum Gasteiger partial charge on any atom is 0.161 e. The van der Waals surface area contributed by atoms with Gasteiger partial charge < -0.3 is 29.9 Å². The lowest BCUT2D eigenvalue weighted by molar-refractivity contribution is 0.100. The average Bonchev–Trinajstić information content (AvgIpc) is 4.32. The van der Waals surface area contributed by atoms with Gasteiger partial charge in [0, 0.05) is 79.5 Å². The van der Waals surface area contributed by atoms with Crippen molar-refractivity contribution in [3.63, 3.8) is 0 Å². The molecule has 0 spiro atoms. The minimum atomic E-state index is -0.453. The Kier molecular flexibility index (Phi) is 14.4. The minimum absolute atomic E-state index is 0.0477. The van der Waals surface area contributed by atoms with Gasteiger partial charge in [0.15, 0.2) is 11.6 Å². The number of carbonyl (C=O) groups excluding carboxylic acids is 2. The number of carbonyl (C=O) groups is 2. The summed E-state index contributed by atoms with van der Waals surface area (Å²) in [5.41, 5.74) is 19.0. The van der Waals surface area contributed by atoms with Crippen LogP contribution in [0, 0.1) is 57.9 Å². The van der Waals surface area contributed by atoms with Crippen molar-refractivity contribution in [2.45, 2.75) is 98.3 Å². The smallest absolute Gasteiger partial charge is 0.161 e. The monoisotopic (exact) mass is 1030 g/mol. The molecule has 0 bridgehead atoms. The number of aromatic nitrogens is 6. The highest BCUT2D eigenvalue weighted by Crippen LogP contribution is 2.42. The highest BCUT2D eigenvalue weighted by atomic mass is 19.1. The van der Waals surface area contributed by atoms with E-state index in [4.69, 9.17) is 0 Å². The van der Waals surface area contributed by atoms with Crippen molar-refractivity contribution in [1.82, 2.24) is 29.9 Å². The Morgan fingerprint density at radius 2 is 0.740 bits per heavy atom. The Morgan fingerprint density at radius 3 is 1.14 bits per heavy atom. The predicted octanol–water partition coefficient (Wildman–Crippen LogP) is 15.2. The summed E-state index contributed by atoms with van der Waals surface area (Å²) in [7, 11) is 0. The number of aromatic amines is 6. The maximum absolute atomic E-state index is 14.6. The Balaban J connectivity index is 0.993. The van der Waals surface area contributed by atoms with Gasteiger partial charge in [-0.1, -0.05) is 55.5 Å². The lowest BCUT2D eigenvalue weighted by atomic mass is 9.89. The zero-order valence-corrected chi connectivity index (χ0v) is 44.5. The molecule has 0 radical (unpaired) electrons. The van der Waals surface area contributed by atoms with Gasteiger partial charge in [0.2, 0.25) is 0 Å². The highest BCUT2D eigenvalue weighted by Gasteiger charge is 2.32. The van der Waals surface area contributed by atoms with Crippen LogP contribution in [-0.4, -0.2) is 41.5 Å². The van der Waals surface area contributed by atoms with E-state index in [-0.39, 0.29) is 46.7 Å². The molecule has 4 atom stereocenters. The lowest BCUT2D eigenvalue weighted by Crippen LogP contribution is -2.09. The van der Waals surface area contributed by atoms with Crippen molar-refractivity contribution in [3.8, 4) is 0 Å². The average molecular weight is 1040 g/mol. The molecule has 0 amide bonds. The van der Waals surface area contributed by atoms with Crippen LogP contribution in [0.25, 0.3) is 0 Å². The third kappa shape index (κ3) is 10.1. The summed E-state index contributed by atoms with van der Waals surface area (Å²) in [5, 5.41) is 0. The van der Waals surface area contributed by atoms with Crippen LogP contribution >= 0.6 is 0 Å². The van der Waals surface area contributed by atoms with Gasteiger partial charge in [-0.05, 0) is 197 Å². The first kappa shape index (κ1) is 52.1. The summed E-state index contributed by atoms with van der Waals surface area (Å²) >= 11 is 0. The number of nitrogens with one attached hydrogen (secondary N) is 6. The fourth-order valence-corrected chi connectivity index (χ4v) is 12.1. The number of rotatable bonds is 18. The summed E-state index contributed by atoms with van der Waals surface area (Å²) in [5.74, 6) is -3.05. The van der Waals surface area contributed by atoms with Crippen molar-refractivity contribution in [2.24, 2.45) is 0 Å². The molecule has 6 heterocycles. The first-order valence-corrected chi connectivity index (χ1v) is 26.2. The number of H-pyrrole nitrogens is 6. The topological polar surface area (TPSA) is 129 Å². The fourth-order valence-electron chi connectivity index (χ4n) is 12.1. The maximum atomic E-state index is 14.6. The second kappa shape index (κ2) is 21.3. The van der Waals surface area contributed by atoms with E-state index in [1.807, 2.05) is 63.2 Å². The molecule has 392 valence electrons. The molecule has 6 aromatic heterocycles. The highest BCUT2D eigenvalue weighted by molar-refractivity contribution is 5.98. The van der Waals surface area contributed by atoms with Crippen LogP contribution in [0.5, 0.6) is 0 Å². The molecule has 77 heavy (non-hydrogen) atoms. The van der Waals surface area contributed by atoms with E-state index in [2.05, 4.69) is 56.7 Å². The molecule has 0 saturated heterocycles. The third-order valence-corrected chi connectivity index (χ3v) is 15.6. The van der Waals surface area contributed by atoms with Crippen LogP contribution in [0.3, 0.4) is 0 Å². The number of halogens is 4. The molecule has 8 nitrogen and oxygen atoms in total. The van der Waals surface area contributed by atoms with E-state index < -0.39 is 11.8 Å². The first-order chi connectivity index (χ1) is 37.0. The van der Waals surface area contributed by atoms with E-state index in [0.29, 0.717) is 24.0 Å². The molecule has 12 heteroatoms. The molecular formula is C65H62F4N6O2. The van der Waals surface area contributed by atoms with E-state index in [9.17, 15) is 27.2 Å².